The van der Waals surface area contributed by atoms with E-state index >= 15 is 0 Å². The number of aromatic nitrogens is 3. The van der Waals surface area contributed by atoms with Crippen molar-refractivity contribution in [3.05, 3.63) is 77.6 Å². The molecule has 26 heavy (non-hydrogen) atoms. The quantitative estimate of drug-likeness (QED) is 0.518. The van der Waals surface area contributed by atoms with Gasteiger partial charge in [-0.3, -0.25) is 4.68 Å². The Morgan fingerprint density at radius 2 is 1.85 bits per heavy atom. The van der Waals surface area contributed by atoms with Crippen LogP contribution in [0.4, 0.5) is 0 Å². The lowest BCUT2D eigenvalue weighted by Gasteiger charge is -2.11. The van der Waals surface area contributed by atoms with Crippen LogP contribution in [-0.4, -0.2) is 9.78 Å². The second-order valence-electron chi connectivity index (χ2n) is 6.49. The molecule has 4 rings (SSSR count). The lowest BCUT2D eigenvalue weighted by molar-refractivity contribution is -0.574. The average molecular weight is 339 g/mol. The summed E-state index contributed by atoms with van der Waals surface area (Å²) < 4.78 is 4.07. The van der Waals surface area contributed by atoms with Crippen LogP contribution in [-0.2, 0) is 7.05 Å². The maximum atomic E-state index is 9.59. The van der Waals surface area contributed by atoms with Crippen LogP contribution in [0.25, 0.3) is 27.8 Å². The molecule has 0 aliphatic heterocycles. The van der Waals surface area contributed by atoms with E-state index in [4.69, 9.17) is 0 Å². The van der Waals surface area contributed by atoms with Crippen molar-refractivity contribution in [2.75, 3.05) is 0 Å². The highest BCUT2D eigenvalue weighted by molar-refractivity contribution is 5.77. The highest BCUT2D eigenvalue weighted by atomic mass is 15.3. The third-order valence-corrected chi connectivity index (χ3v) is 4.88. The zero-order valence-electron chi connectivity index (χ0n) is 15.1. The van der Waals surface area contributed by atoms with E-state index in [9.17, 15) is 5.26 Å². The summed E-state index contributed by atoms with van der Waals surface area (Å²) in [5.41, 5.74) is 7.06. The highest BCUT2D eigenvalue weighted by Gasteiger charge is 2.22. The summed E-state index contributed by atoms with van der Waals surface area (Å²) in [4.78, 5) is 0. The lowest BCUT2D eigenvalue weighted by atomic mass is 9.99. The molecule has 0 aliphatic rings. The van der Waals surface area contributed by atoms with E-state index in [-0.39, 0.29) is 0 Å². The van der Waals surface area contributed by atoms with Crippen molar-refractivity contribution < 1.29 is 4.57 Å². The Hall–Kier alpha value is -3.45. The van der Waals surface area contributed by atoms with E-state index in [2.05, 4.69) is 53.8 Å². The molecule has 2 aromatic carbocycles. The predicted octanol–water partition coefficient (Wildman–Crippen LogP) is 4.01. The Morgan fingerprint density at radius 3 is 2.58 bits per heavy atom. The molecule has 0 saturated heterocycles. The number of fused-ring (bicyclic) bond motifs is 1. The highest BCUT2D eigenvalue weighted by Crippen LogP contribution is 2.28. The normalized spacial score (nSPS) is 10.8. The number of nitriles is 1. The largest absolute Gasteiger partial charge is 0.268 e. The fraction of sp³-hybridized carbons (Fsp3) is 0.136. The minimum absolute atomic E-state index is 0.640. The summed E-state index contributed by atoms with van der Waals surface area (Å²) in [7, 11) is 1.92. The Morgan fingerprint density at radius 1 is 1.04 bits per heavy atom. The van der Waals surface area contributed by atoms with Crippen molar-refractivity contribution in [2.24, 2.45) is 7.05 Å². The van der Waals surface area contributed by atoms with Crippen molar-refractivity contribution in [2.45, 2.75) is 13.8 Å². The van der Waals surface area contributed by atoms with Gasteiger partial charge < -0.3 is 0 Å². The average Bonchev–Trinajstić information content (AvgIpc) is 3.08. The van der Waals surface area contributed by atoms with Crippen molar-refractivity contribution >= 4 is 10.9 Å². The van der Waals surface area contributed by atoms with E-state index in [0.717, 1.165) is 33.7 Å². The molecule has 4 aromatic rings. The second-order valence-corrected chi connectivity index (χ2v) is 6.49. The predicted molar refractivity (Wildman–Crippen MR) is 102 cm³/mol. The van der Waals surface area contributed by atoms with Crippen LogP contribution in [0.2, 0.25) is 0 Å². The zero-order valence-corrected chi connectivity index (χ0v) is 15.1. The summed E-state index contributed by atoms with van der Waals surface area (Å²) in [6, 6.07) is 20.8. The van der Waals surface area contributed by atoms with Gasteiger partial charge in [0, 0.05) is 54.9 Å². The van der Waals surface area contributed by atoms with Crippen molar-refractivity contribution in [3.63, 3.8) is 0 Å². The molecular formula is C22H19N4+. The maximum absolute atomic E-state index is 9.59. The number of para-hydroxylation sites is 1. The third-order valence-electron chi connectivity index (χ3n) is 4.88. The van der Waals surface area contributed by atoms with E-state index in [1.165, 1.54) is 5.39 Å². The first-order chi connectivity index (χ1) is 12.6. The van der Waals surface area contributed by atoms with E-state index in [1.807, 2.05) is 42.1 Å². The summed E-state index contributed by atoms with van der Waals surface area (Å²) in [6.07, 6.45) is 1.78. The van der Waals surface area contributed by atoms with Crippen molar-refractivity contribution in [3.8, 4) is 23.0 Å². The van der Waals surface area contributed by atoms with Gasteiger partial charge in [0.25, 0.3) is 0 Å². The molecule has 0 atom stereocenters. The van der Waals surface area contributed by atoms with Gasteiger partial charge in [-0.15, -0.1) is 0 Å². The van der Waals surface area contributed by atoms with Gasteiger partial charge in [0.1, 0.15) is 0 Å². The number of rotatable bonds is 2. The Bertz CT molecular complexity index is 1180. The van der Waals surface area contributed by atoms with Gasteiger partial charge in [-0.05, 0) is 31.2 Å². The molecule has 0 spiro atoms. The molecule has 0 saturated carbocycles. The minimum atomic E-state index is 0.640. The number of nitrogens with zero attached hydrogens (tertiary/aromatic N) is 4. The molecule has 4 nitrogen and oxygen atoms in total. The van der Waals surface area contributed by atoms with Crippen LogP contribution in [0.5, 0.6) is 0 Å². The molecule has 2 heterocycles. The number of pyridine rings is 1. The van der Waals surface area contributed by atoms with Crippen LogP contribution in [0.15, 0.2) is 60.8 Å². The standard InChI is InChI=1S/C22H19N4/c1-15-8-9-18-6-4-5-7-20(18)26(15)22-13-17(14-23)12-19(16(22)2)21-10-11-24-25(21)3/h4-13H,1-3H3/q+1. The van der Waals surface area contributed by atoms with Crippen molar-refractivity contribution in [1.29, 1.82) is 5.26 Å². The van der Waals surface area contributed by atoms with Gasteiger partial charge in [0.05, 0.1) is 17.3 Å². The minimum Gasteiger partial charge on any atom is -0.268 e. The van der Waals surface area contributed by atoms with E-state index in [0.29, 0.717) is 5.56 Å². The fourth-order valence-electron chi connectivity index (χ4n) is 3.53. The van der Waals surface area contributed by atoms with Crippen LogP contribution in [0.1, 0.15) is 16.8 Å². The molecule has 4 heteroatoms. The van der Waals surface area contributed by atoms with Crippen LogP contribution < -0.4 is 4.57 Å². The lowest BCUT2D eigenvalue weighted by Crippen LogP contribution is -2.36. The van der Waals surface area contributed by atoms with Crippen LogP contribution >= 0.6 is 0 Å². The molecule has 0 fully saturated rings. The van der Waals surface area contributed by atoms with Gasteiger partial charge in [-0.2, -0.15) is 14.9 Å². The molecule has 0 N–H and O–H groups in total. The van der Waals surface area contributed by atoms with Crippen molar-refractivity contribution in [1.82, 2.24) is 9.78 Å². The SMILES string of the molecule is Cc1c(-c2ccnn2C)cc(C#N)cc1-[n+]1c(C)ccc2ccccc21. The van der Waals surface area contributed by atoms with E-state index in [1.54, 1.807) is 6.20 Å². The summed E-state index contributed by atoms with van der Waals surface area (Å²) >= 11 is 0. The third kappa shape index (κ3) is 2.46. The molecule has 0 amide bonds. The monoisotopic (exact) mass is 339 g/mol. The van der Waals surface area contributed by atoms with E-state index < -0.39 is 0 Å². The molecule has 126 valence electrons. The summed E-state index contributed by atoms with van der Waals surface area (Å²) in [6.45, 7) is 4.20. The summed E-state index contributed by atoms with van der Waals surface area (Å²) in [5, 5.41) is 15.0. The molecule has 0 bridgehead atoms. The number of benzene rings is 2. The molecular weight excluding hydrogens is 320 g/mol. The second kappa shape index (κ2) is 6.12. The number of aryl methyl sites for hydroxylation is 2. The Labute approximate surface area is 152 Å². The Balaban J connectivity index is 2.10. The smallest absolute Gasteiger partial charge is 0.218 e. The number of hydrogen-bond donors (Lipinski definition) is 0. The Kier molecular flexibility index (Phi) is 3.78. The van der Waals surface area contributed by atoms with Crippen LogP contribution in [0.3, 0.4) is 0 Å². The summed E-state index contributed by atoms with van der Waals surface area (Å²) in [5.74, 6) is 0. The molecule has 2 aromatic heterocycles. The molecule has 0 aliphatic carbocycles. The first-order valence-corrected chi connectivity index (χ1v) is 8.54. The topological polar surface area (TPSA) is 45.5 Å². The maximum Gasteiger partial charge on any atom is 0.218 e. The van der Waals surface area contributed by atoms with Gasteiger partial charge in [-0.1, -0.05) is 12.1 Å². The molecule has 0 unspecified atom stereocenters. The van der Waals surface area contributed by atoms with Crippen LogP contribution in [0, 0.1) is 25.2 Å². The molecule has 0 radical (unpaired) electrons. The van der Waals surface area contributed by atoms with Gasteiger partial charge >= 0.3 is 0 Å². The van der Waals surface area contributed by atoms with Gasteiger partial charge in [0.2, 0.25) is 11.2 Å². The first kappa shape index (κ1) is 16.0. The van der Waals surface area contributed by atoms with Gasteiger partial charge in [-0.25, -0.2) is 0 Å². The fourth-order valence-corrected chi connectivity index (χ4v) is 3.53. The zero-order chi connectivity index (χ0) is 18.3. The first-order valence-electron chi connectivity index (χ1n) is 8.54. The number of hydrogen-bond acceptors (Lipinski definition) is 2. The van der Waals surface area contributed by atoms with Gasteiger partial charge in [0.15, 0.2) is 5.69 Å².